The largest absolute Gasteiger partial charge is 0.394 e. The molecule has 0 saturated heterocycles. The first-order valence-corrected chi connectivity index (χ1v) is 5.68. The topological polar surface area (TPSA) is 113 Å². The van der Waals surface area contributed by atoms with Crippen LogP contribution in [0.5, 0.6) is 0 Å². The first kappa shape index (κ1) is 12.5. The highest BCUT2D eigenvalue weighted by molar-refractivity contribution is 5.69. The van der Waals surface area contributed by atoms with Crippen LogP contribution in [0.3, 0.4) is 0 Å². The Balaban J connectivity index is 2.35. The molecule has 0 radical (unpaired) electrons. The highest BCUT2D eigenvalue weighted by atomic mass is 16.6. The number of anilines is 2. The van der Waals surface area contributed by atoms with Crippen LogP contribution in [0.2, 0.25) is 0 Å². The molecule has 0 aromatic carbocycles. The summed E-state index contributed by atoms with van der Waals surface area (Å²) in [5, 5.41) is 26.1. The Morgan fingerprint density at radius 1 is 1.50 bits per heavy atom. The minimum Gasteiger partial charge on any atom is -0.394 e. The number of nitrogens with one attached hydrogen (secondary N) is 2. The van der Waals surface area contributed by atoms with E-state index in [0.717, 1.165) is 19.3 Å². The summed E-state index contributed by atoms with van der Waals surface area (Å²) in [6, 6.07) is 0. The standard InChI is InChI=1S/C10H15N5O3/c1-11-8-7(15(17)18)9(13-6-12-8)14-10(5-16)3-2-4-10/h6,16H,2-5H2,1H3,(H2,11,12,13,14). The molecule has 2 rings (SSSR count). The van der Waals surface area contributed by atoms with Gasteiger partial charge in [0.25, 0.3) is 0 Å². The van der Waals surface area contributed by atoms with E-state index in [2.05, 4.69) is 20.6 Å². The average Bonchev–Trinajstić information content (AvgIpc) is 2.33. The van der Waals surface area contributed by atoms with Crippen LogP contribution in [-0.2, 0) is 0 Å². The molecule has 1 fully saturated rings. The lowest BCUT2D eigenvalue weighted by Gasteiger charge is -2.41. The zero-order valence-electron chi connectivity index (χ0n) is 10.0. The van der Waals surface area contributed by atoms with Crippen molar-refractivity contribution in [2.24, 2.45) is 0 Å². The van der Waals surface area contributed by atoms with Gasteiger partial charge in [0.2, 0.25) is 11.6 Å². The maximum Gasteiger partial charge on any atom is 0.353 e. The molecule has 0 amide bonds. The van der Waals surface area contributed by atoms with Gasteiger partial charge < -0.3 is 15.7 Å². The van der Waals surface area contributed by atoms with E-state index in [9.17, 15) is 15.2 Å². The van der Waals surface area contributed by atoms with Crippen LogP contribution >= 0.6 is 0 Å². The number of nitro groups is 1. The second-order valence-electron chi connectivity index (χ2n) is 4.34. The monoisotopic (exact) mass is 253 g/mol. The van der Waals surface area contributed by atoms with Crippen molar-refractivity contribution in [3.8, 4) is 0 Å². The minimum absolute atomic E-state index is 0.0664. The lowest BCUT2D eigenvalue weighted by atomic mass is 9.77. The lowest BCUT2D eigenvalue weighted by molar-refractivity contribution is -0.383. The van der Waals surface area contributed by atoms with Gasteiger partial charge in [-0.25, -0.2) is 9.97 Å². The first-order valence-electron chi connectivity index (χ1n) is 5.68. The molecule has 8 nitrogen and oxygen atoms in total. The molecule has 1 heterocycles. The van der Waals surface area contributed by atoms with Gasteiger partial charge in [0, 0.05) is 7.05 Å². The van der Waals surface area contributed by atoms with E-state index in [1.54, 1.807) is 7.05 Å². The second-order valence-corrected chi connectivity index (χ2v) is 4.34. The number of rotatable bonds is 5. The van der Waals surface area contributed by atoms with Crippen LogP contribution in [-0.4, -0.2) is 39.2 Å². The van der Waals surface area contributed by atoms with Gasteiger partial charge in [0.15, 0.2) is 0 Å². The summed E-state index contributed by atoms with van der Waals surface area (Å²) in [6.07, 6.45) is 3.80. The van der Waals surface area contributed by atoms with Gasteiger partial charge in [-0.2, -0.15) is 0 Å². The summed E-state index contributed by atoms with van der Waals surface area (Å²) in [7, 11) is 1.56. The van der Waals surface area contributed by atoms with Gasteiger partial charge in [0.1, 0.15) is 6.33 Å². The fraction of sp³-hybridized carbons (Fsp3) is 0.600. The van der Waals surface area contributed by atoms with Crippen molar-refractivity contribution in [2.45, 2.75) is 24.8 Å². The SMILES string of the molecule is CNc1ncnc(NC2(CO)CCC2)c1[N+](=O)[O-]. The summed E-state index contributed by atoms with van der Waals surface area (Å²) in [6.45, 7) is -0.0664. The molecule has 1 saturated carbocycles. The summed E-state index contributed by atoms with van der Waals surface area (Å²) in [5.41, 5.74) is -0.677. The van der Waals surface area contributed by atoms with E-state index >= 15 is 0 Å². The van der Waals surface area contributed by atoms with Crippen LogP contribution in [0.1, 0.15) is 19.3 Å². The van der Waals surface area contributed by atoms with E-state index in [0.29, 0.717) is 0 Å². The molecule has 0 bridgehead atoms. The van der Waals surface area contributed by atoms with Gasteiger partial charge in [-0.15, -0.1) is 0 Å². The second kappa shape index (κ2) is 4.73. The molecule has 0 unspecified atom stereocenters. The molecule has 1 aliphatic carbocycles. The third-order valence-corrected chi connectivity index (χ3v) is 3.24. The molecule has 0 aliphatic heterocycles. The lowest BCUT2D eigenvalue weighted by Crippen LogP contribution is -2.48. The molecule has 98 valence electrons. The number of nitrogens with zero attached hydrogens (tertiary/aromatic N) is 3. The van der Waals surface area contributed by atoms with E-state index in [-0.39, 0.29) is 23.9 Å². The van der Waals surface area contributed by atoms with Gasteiger partial charge in [-0.3, -0.25) is 10.1 Å². The fourth-order valence-electron chi connectivity index (χ4n) is 2.00. The van der Waals surface area contributed by atoms with E-state index in [4.69, 9.17) is 0 Å². The predicted octanol–water partition coefficient (Wildman–Crippen LogP) is 0.753. The Kier molecular flexibility index (Phi) is 3.28. The quantitative estimate of drug-likeness (QED) is 0.524. The zero-order valence-corrected chi connectivity index (χ0v) is 10.0. The van der Waals surface area contributed by atoms with Gasteiger partial charge in [-0.05, 0) is 19.3 Å². The molecule has 1 aromatic heterocycles. The van der Waals surface area contributed by atoms with E-state index < -0.39 is 10.5 Å². The Hall–Kier alpha value is -1.96. The summed E-state index contributed by atoms with van der Waals surface area (Å²) in [5.74, 6) is 0.304. The summed E-state index contributed by atoms with van der Waals surface area (Å²) < 4.78 is 0. The van der Waals surface area contributed by atoms with Crippen molar-refractivity contribution in [1.82, 2.24) is 9.97 Å². The Morgan fingerprint density at radius 3 is 2.61 bits per heavy atom. The molecule has 3 N–H and O–H groups in total. The highest BCUT2D eigenvalue weighted by Crippen LogP contribution is 2.38. The molecular formula is C10H15N5O3. The van der Waals surface area contributed by atoms with Crippen LogP contribution in [0.15, 0.2) is 6.33 Å². The molecular weight excluding hydrogens is 238 g/mol. The van der Waals surface area contributed by atoms with E-state index in [1.165, 1.54) is 6.33 Å². The maximum absolute atomic E-state index is 11.1. The smallest absolute Gasteiger partial charge is 0.353 e. The molecule has 18 heavy (non-hydrogen) atoms. The highest BCUT2D eigenvalue weighted by Gasteiger charge is 2.38. The minimum atomic E-state index is -0.530. The molecule has 8 heteroatoms. The summed E-state index contributed by atoms with van der Waals surface area (Å²) in [4.78, 5) is 18.3. The third-order valence-electron chi connectivity index (χ3n) is 3.24. The normalized spacial score (nSPS) is 16.8. The van der Waals surface area contributed by atoms with Crippen LogP contribution < -0.4 is 10.6 Å². The van der Waals surface area contributed by atoms with Gasteiger partial charge in [-0.1, -0.05) is 0 Å². The van der Waals surface area contributed by atoms with Crippen LogP contribution in [0, 0.1) is 10.1 Å². The Morgan fingerprint density at radius 2 is 2.17 bits per heavy atom. The van der Waals surface area contributed by atoms with Gasteiger partial charge in [0.05, 0.1) is 17.1 Å². The zero-order chi connectivity index (χ0) is 13.2. The van der Waals surface area contributed by atoms with Crippen LogP contribution in [0.25, 0.3) is 0 Å². The summed E-state index contributed by atoms with van der Waals surface area (Å²) >= 11 is 0. The number of aliphatic hydroxyl groups excluding tert-OH is 1. The average molecular weight is 253 g/mol. The van der Waals surface area contributed by atoms with Crippen molar-refractivity contribution in [1.29, 1.82) is 0 Å². The fourth-order valence-corrected chi connectivity index (χ4v) is 2.00. The maximum atomic E-state index is 11.1. The number of aromatic nitrogens is 2. The number of hydrogen-bond donors (Lipinski definition) is 3. The molecule has 0 spiro atoms. The molecule has 1 aliphatic rings. The van der Waals surface area contributed by atoms with E-state index in [1.807, 2.05) is 0 Å². The molecule has 0 atom stereocenters. The van der Waals surface area contributed by atoms with Crippen molar-refractivity contribution in [3.05, 3.63) is 16.4 Å². The van der Waals surface area contributed by atoms with Crippen molar-refractivity contribution >= 4 is 17.3 Å². The van der Waals surface area contributed by atoms with Crippen LogP contribution in [0.4, 0.5) is 17.3 Å². The Bertz CT molecular complexity index is 455. The number of hydrogen-bond acceptors (Lipinski definition) is 7. The predicted molar refractivity (Wildman–Crippen MR) is 65.5 cm³/mol. The van der Waals surface area contributed by atoms with Crippen molar-refractivity contribution in [2.75, 3.05) is 24.3 Å². The Labute approximate surface area is 104 Å². The van der Waals surface area contributed by atoms with Gasteiger partial charge >= 0.3 is 5.69 Å². The van der Waals surface area contributed by atoms with Crippen molar-refractivity contribution in [3.63, 3.8) is 0 Å². The first-order chi connectivity index (χ1) is 8.62. The van der Waals surface area contributed by atoms with Crippen molar-refractivity contribution < 1.29 is 10.0 Å². The molecule has 1 aromatic rings. The third kappa shape index (κ3) is 2.06. The number of aliphatic hydroxyl groups is 1.